The number of fused-ring (bicyclic) bond motifs is 1. The fraction of sp³-hybridized carbons (Fsp3) is 0.100. The number of nitrogens with zero attached hydrogens (tertiary/aromatic N) is 3. The Bertz CT molecular complexity index is 1030. The van der Waals surface area contributed by atoms with Gasteiger partial charge in [0, 0.05) is 29.0 Å². The van der Waals surface area contributed by atoms with Crippen LogP contribution < -0.4 is 5.32 Å². The lowest BCUT2D eigenvalue weighted by Gasteiger charge is -2.07. The summed E-state index contributed by atoms with van der Waals surface area (Å²) in [5.41, 5.74) is 3.86. The molecule has 0 atom stereocenters. The Kier molecular flexibility index (Phi) is 4.56. The van der Waals surface area contributed by atoms with Crippen LogP contribution in [0.15, 0.2) is 67.1 Å². The molecular weight excluding hydrogens is 348 g/mol. The average molecular weight is 365 g/mol. The first-order chi connectivity index (χ1) is 12.8. The lowest BCUT2D eigenvalue weighted by atomic mass is 10.1. The van der Waals surface area contributed by atoms with Crippen LogP contribution in [0.5, 0.6) is 0 Å². The highest BCUT2D eigenvalue weighted by atomic mass is 35.5. The Labute approximate surface area is 155 Å². The number of aliphatic hydroxyl groups is 1. The fourth-order valence-corrected chi connectivity index (χ4v) is 3.13. The van der Waals surface area contributed by atoms with Gasteiger partial charge in [-0.25, -0.2) is 9.97 Å². The lowest BCUT2D eigenvalue weighted by Crippen LogP contribution is -2.07. The number of hydrogen-bond donors (Lipinski definition) is 2. The molecule has 2 aromatic heterocycles. The summed E-state index contributed by atoms with van der Waals surface area (Å²) in [4.78, 5) is 8.90. The zero-order valence-corrected chi connectivity index (χ0v) is 14.7. The van der Waals surface area contributed by atoms with E-state index in [1.165, 1.54) is 6.33 Å². The summed E-state index contributed by atoms with van der Waals surface area (Å²) in [5, 5.41) is 14.0. The number of rotatable bonds is 5. The summed E-state index contributed by atoms with van der Waals surface area (Å²) in [6.45, 7) is 0.455. The number of anilines is 1. The molecule has 4 rings (SSSR count). The molecule has 0 saturated carbocycles. The Hall–Kier alpha value is -2.89. The molecule has 2 N–H and O–H groups in total. The average Bonchev–Trinajstić information content (AvgIpc) is 3.08. The molecule has 2 aromatic carbocycles. The van der Waals surface area contributed by atoms with Crippen LogP contribution in [-0.4, -0.2) is 32.8 Å². The van der Waals surface area contributed by atoms with E-state index in [0.717, 1.165) is 27.8 Å². The normalized spacial score (nSPS) is 11.0. The van der Waals surface area contributed by atoms with Gasteiger partial charge in [-0.05, 0) is 29.8 Å². The number of hydrogen-bond acceptors (Lipinski definition) is 4. The zero-order valence-electron chi connectivity index (χ0n) is 13.9. The second kappa shape index (κ2) is 7.15. The summed E-state index contributed by atoms with van der Waals surface area (Å²) < 4.78 is 2.03. The maximum Gasteiger partial charge on any atom is 0.150 e. The van der Waals surface area contributed by atoms with E-state index in [1.807, 2.05) is 47.0 Å². The molecule has 0 aliphatic carbocycles. The Morgan fingerprint density at radius 3 is 2.50 bits per heavy atom. The summed E-state index contributed by atoms with van der Waals surface area (Å²) >= 11 is 6.03. The van der Waals surface area contributed by atoms with Crippen LogP contribution >= 0.6 is 11.6 Å². The van der Waals surface area contributed by atoms with Crippen LogP contribution in [0.2, 0.25) is 5.02 Å². The van der Waals surface area contributed by atoms with Gasteiger partial charge < -0.3 is 15.0 Å². The van der Waals surface area contributed by atoms with E-state index in [-0.39, 0.29) is 6.61 Å². The number of nitrogens with one attached hydrogen (secondary N) is 1. The van der Waals surface area contributed by atoms with Gasteiger partial charge in [-0.3, -0.25) is 0 Å². The van der Waals surface area contributed by atoms with Crippen LogP contribution in [-0.2, 0) is 0 Å². The van der Waals surface area contributed by atoms with E-state index in [1.54, 1.807) is 0 Å². The first-order valence-electron chi connectivity index (χ1n) is 8.30. The van der Waals surface area contributed by atoms with Crippen LogP contribution in [0.1, 0.15) is 0 Å². The molecule has 26 heavy (non-hydrogen) atoms. The van der Waals surface area contributed by atoms with E-state index in [0.29, 0.717) is 17.4 Å². The van der Waals surface area contributed by atoms with E-state index in [9.17, 15) is 5.11 Å². The van der Waals surface area contributed by atoms with Crippen LogP contribution in [0.3, 0.4) is 0 Å². The lowest BCUT2D eigenvalue weighted by molar-refractivity contribution is 0.311. The van der Waals surface area contributed by atoms with Crippen molar-refractivity contribution < 1.29 is 5.11 Å². The van der Waals surface area contributed by atoms with Crippen molar-refractivity contribution in [3.63, 3.8) is 0 Å². The van der Waals surface area contributed by atoms with Crippen molar-refractivity contribution in [2.75, 3.05) is 18.5 Å². The highest BCUT2D eigenvalue weighted by Crippen LogP contribution is 2.35. The molecule has 0 bridgehead atoms. The van der Waals surface area contributed by atoms with E-state index < -0.39 is 0 Å². The predicted octanol–water partition coefficient (Wildman–Crippen LogP) is 4.15. The van der Waals surface area contributed by atoms with Gasteiger partial charge in [0.25, 0.3) is 0 Å². The van der Waals surface area contributed by atoms with Crippen molar-refractivity contribution in [1.29, 1.82) is 0 Å². The topological polar surface area (TPSA) is 63.0 Å². The van der Waals surface area contributed by atoms with Crippen molar-refractivity contribution in [2.24, 2.45) is 0 Å². The molecule has 0 spiro atoms. The second-order valence-corrected chi connectivity index (χ2v) is 6.26. The fourth-order valence-electron chi connectivity index (χ4n) is 3.01. The van der Waals surface area contributed by atoms with Gasteiger partial charge in [0.05, 0.1) is 12.0 Å². The van der Waals surface area contributed by atoms with Gasteiger partial charge in [-0.1, -0.05) is 41.9 Å². The molecular formula is C20H17ClN4O. The van der Waals surface area contributed by atoms with E-state index in [2.05, 4.69) is 33.6 Å². The molecule has 0 aliphatic heterocycles. The van der Waals surface area contributed by atoms with Crippen molar-refractivity contribution in [2.45, 2.75) is 0 Å². The summed E-state index contributed by atoms with van der Waals surface area (Å²) in [7, 11) is 0. The van der Waals surface area contributed by atoms with Crippen LogP contribution in [0.25, 0.3) is 27.8 Å². The van der Waals surface area contributed by atoms with E-state index >= 15 is 0 Å². The number of halogens is 1. The molecule has 4 aromatic rings. The first kappa shape index (κ1) is 16.6. The van der Waals surface area contributed by atoms with E-state index in [4.69, 9.17) is 11.6 Å². The predicted molar refractivity (Wildman–Crippen MR) is 105 cm³/mol. The minimum Gasteiger partial charge on any atom is -0.395 e. The van der Waals surface area contributed by atoms with Crippen molar-refractivity contribution >= 4 is 28.5 Å². The molecule has 6 heteroatoms. The molecule has 0 unspecified atom stereocenters. The van der Waals surface area contributed by atoms with Gasteiger partial charge in [-0.15, -0.1) is 0 Å². The van der Waals surface area contributed by atoms with Crippen molar-refractivity contribution in [3.8, 4) is 16.8 Å². The molecule has 130 valence electrons. The third-order valence-corrected chi connectivity index (χ3v) is 4.43. The quantitative estimate of drug-likeness (QED) is 0.558. The smallest absolute Gasteiger partial charge is 0.150 e. The third-order valence-electron chi connectivity index (χ3n) is 4.18. The Morgan fingerprint density at radius 1 is 1.00 bits per heavy atom. The number of aliphatic hydroxyl groups excluding tert-OH is 1. The standard InChI is InChI=1S/C20H17ClN4O/c21-15-6-8-16(9-7-15)25-12-17(14-4-2-1-3-5-14)18-19(22-10-11-26)23-13-24-20(18)25/h1-9,12-13,26H,10-11H2,(H,22,23,24). The Balaban J connectivity index is 1.98. The minimum absolute atomic E-state index is 0.0318. The molecule has 2 heterocycles. The molecule has 5 nitrogen and oxygen atoms in total. The maximum atomic E-state index is 9.17. The molecule has 0 radical (unpaired) electrons. The van der Waals surface area contributed by atoms with Gasteiger partial charge in [0.1, 0.15) is 12.1 Å². The monoisotopic (exact) mass is 364 g/mol. The largest absolute Gasteiger partial charge is 0.395 e. The highest BCUT2D eigenvalue weighted by molar-refractivity contribution is 6.30. The van der Waals surface area contributed by atoms with Crippen LogP contribution in [0.4, 0.5) is 5.82 Å². The van der Waals surface area contributed by atoms with Gasteiger partial charge in [-0.2, -0.15) is 0 Å². The molecule has 0 fully saturated rings. The molecule has 0 amide bonds. The van der Waals surface area contributed by atoms with Crippen LogP contribution in [0, 0.1) is 0 Å². The number of benzene rings is 2. The van der Waals surface area contributed by atoms with Crippen molar-refractivity contribution in [1.82, 2.24) is 14.5 Å². The maximum absolute atomic E-state index is 9.17. The molecule has 0 aliphatic rings. The summed E-state index contributed by atoms with van der Waals surface area (Å²) in [6.07, 6.45) is 3.59. The zero-order chi connectivity index (χ0) is 17.9. The summed E-state index contributed by atoms with van der Waals surface area (Å²) in [6, 6.07) is 17.8. The van der Waals surface area contributed by atoms with Gasteiger partial charge in [0.2, 0.25) is 0 Å². The van der Waals surface area contributed by atoms with Gasteiger partial charge in [0.15, 0.2) is 5.65 Å². The minimum atomic E-state index is 0.0318. The Morgan fingerprint density at radius 2 is 1.77 bits per heavy atom. The second-order valence-electron chi connectivity index (χ2n) is 5.83. The van der Waals surface area contributed by atoms with Gasteiger partial charge >= 0.3 is 0 Å². The highest BCUT2D eigenvalue weighted by Gasteiger charge is 2.17. The van der Waals surface area contributed by atoms with Crippen molar-refractivity contribution in [3.05, 3.63) is 72.1 Å². The first-order valence-corrected chi connectivity index (χ1v) is 8.68. The SMILES string of the molecule is OCCNc1ncnc2c1c(-c1ccccc1)cn2-c1ccc(Cl)cc1. The summed E-state index contributed by atoms with van der Waals surface area (Å²) in [5.74, 6) is 0.704. The third kappa shape index (κ3) is 3.03. The molecule has 0 saturated heterocycles. The number of aromatic nitrogens is 3.